The molecule has 1 aliphatic rings. The fourth-order valence-corrected chi connectivity index (χ4v) is 4.72. The number of carbonyl (C=O) groups is 1. The fourth-order valence-electron chi connectivity index (χ4n) is 4.31. The van der Waals surface area contributed by atoms with E-state index in [1.807, 2.05) is 24.4 Å². The van der Waals surface area contributed by atoms with Crippen molar-refractivity contribution >= 4 is 32.9 Å². The summed E-state index contributed by atoms with van der Waals surface area (Å²) in [5.74, 6) is -0.374. The minimum absolute atomic E-state index is 0.321. The maximum atomic E-state index is 11.0. The van der Waals surface area contributed by atoms with Gasteiger partial charge in [-0.15, -0.1) is 0 Å². The number of pyridine rings is 1. The van der Waals surface area contributed by atoms with Crippen LogP contribution in [0.3, 0.4) is 0 Å². The van der Waals surface area contributed by atoms with Crippen LogP contribution in [0.25, 0.3) is 11.0 Å². The van der Waals surface area contributed by atoms with Gasteiger partial charge in [-0.1, -0.05) is 12.1 Å². The van der Waals surface area contributed by atoms with Crippen LogP contribution in [0.5, 0.6) is 0 Å². The van der Waals surface area contributed by atoms with Crippen molar-refractivity contribution in [1.82, 2.24) is 14.5 Å². The Balaban J connectivity index is 1.47. The summed E-state index contributed by atoms with van der Waals surface area (Å²) in [7, 11) is 2.09. The molecule has 3 heterocycles. The lowest BCUT2D eigenvalue weighted by molar-refractivity contribution is 0.0697. The second kappa shape index (κ2) is 7.68. The number of rotatable bonds is 4. The molecule has 1 N–H and O–H groups in total. The average molecular weight is 442 g/mol. The van der Waals surface area contributed by atoms with Crippen LogP contribution in [-0.2, 0) is 7.05 Å². The molecule has 3 aromatic rings. The van der Waals surface area contributed by atoms with Crippen LogP contribution in [0.2, 0.25) is 0 Å². The molecule has 1 aromatic carbocycles. The molecule has 0 saturated carbocycles. The van der Waals surface area contributed by atoms with Crippen LogP contribution in [0.4, 0.5) is 0 Å². The number of fused-ring (bicyclic) bond motifs is 1. The molecule has 28 heavy (non-hydrogen) atoms. The number of aryl methyl sites for hydroxylation is 1. The minimum Gasteiger partial charge on any atom is -0.478 e. The molecule has 0 unspecified atom stereocenters. The monoisotopic (exact) mass is 441 g/mol. The Morgan fingerprint density at radius 1 is 1.21 bits per heavy atom. The molecule has 1 fully saturated rings. The highest BCUT2D eigenvalue weighted by atomic mass is 79.9. The topological polar surface area (TPSA) is 58.4 Å². The van der Waals surface area contributed by atoms with Gasteiger partial charge in [-0.2, -0.15) is 0 Å². The molecule has 2 aromatic heterocycles. The second-order valence-corrected chi connectivity index (χ2v) is 8.43. The third kappa shape index (κ3) is 3.47. The number of aromatic nitrogens is 2. The number of benzene rings is 1. The van der Waals surface area contributed by atoms with Gasteiger partial charge in [0.25, 0.3) is 0 Å². The zero-order valence-electron chi connectivity index (χ0n) is 16.1. The lowest BCUT2D eigenvalue weighted by atomic mass is 9.88. The van der Waals surface area contributed by atoms with Crippen molar-refractivity contribution in [1.29, 1.82) is 0 Å². The van der Waals surface area contributed by atoms with E-state index in [1.165, 1.54) is 11.3 Å². The first-order valence-electron chi connectivity index (χ1n) is 9.63. The largest absolute Gasteiger partial charge is 0.478 e. The van der Waals surface area contributed by atoms with Crippen molar-refractivity contribution in [3.8, 4) is 0 Å². The van der Waals surface area contributed by atoms with Gasteiger partial charge in [0.05, 0.1) is 5.56 Å². The molecule has 5 nitrogen and oxygen atoms in total. The molecule has 0 radical (unpaired) electrons. The molecule has 0 aliphatic carbocycles. The SMILES string of the molecule is C[C@@H](c1cc2c(Br)ccnc2n1C)N1CCC(c2ccc(C(=O)O)cc2)CC1. The number of hydrogen-bond acceptors (Lipinski definition) is 3. The van der Waals surface area contributed by atoms with E-state index in [0.717, 1.165) is 41.4 Å². The second-order valence-electron chi connectivity index (χ2n) is 7.57. The molecule has 0 amide bonds. The van der Waals surface area contributed by atoms with Crippen molar-refractivity contribution in [2.45, 2.75) is 31.7 Å². The van der Waals surface area contributed by atoms with E-state index < -0.39 is 5.97 Å². The smallest absolute Gasteiger partial charge is 0.335 e. The zero-order valence-corrected chi connectivity index (χ0v) is 17.7. The molecular formula is C22H24BrN3O2. The highest BCUT2D eigenvalue weighted by Crippen LogP contribution is 2.34. The first-order chi connectivity index (χ1) is 13.5. The van der Waals surface area contributed by atoms with Gasteiger partial charge in [0.1, 0.15) is 5.65 Å². The number of carboxylic acid groups (broad SMARTS) is 1. The summed E-state index contributed by atoms with van der Waals surface area (Å²) in [6, 6.07) is 11.9. The molecule has 0 bridgehead atoms. The average Bonchev–Trinajstić information content (AvgIpc) is 3.06. The fraction of sp³-hybridized carbons (Fsp3) is 0.364. The van der Waals surface area contributed by atoms with Crippen molar-refractivity contribution in [2.24, 2.45) is 7.05 Å². The number of hydrogen-bond donors (Lipinski definition) is 1. The predicted molar refractivity (Wildman–Crippen MR) is 114 cm³/mol. The van der Waals surface area contributed by atoms with Crippen molar-refractivity contribution in [3.63, 3.8) is 0 Å². The van der Waals surface area contributed by atoms with Crippen LogP contribution in [0.15, 0.2) is 47.1 Å². The maximum Gasteiger partial charge on any atom is 0.335 e. The van der Waals surface area contributed by atoms with Crippen molar-refractivity contribution < 1.29 is 9.90 Å². The number of piperidine rings is 1. The van der Waals surface area contributed by atoms with E-state index in [4.69, 9.17) is 5.11 Å². The molecule has 1 atom stereocenters. The zero-order chi connectivity index (χ0) is 19.8. The van der Waals surface area contributed by atoms with Crippen LogP contribution in [0.1, 0.15) is 53.3 Å². The van der Waals surface area contributed by atoms with Gasteiger partial charge in [-0.3, -0.25) is 4.90 Å². The van der Waals surface area contributed by atoms with E-state index in [1.54, 1.807) is 12.1 Å². The highest BCUT2D eigenvalue weighted by molar-refractivity contribution is 9.10. The Morgan fingerprint density at radius 3 is 2.50 bits per heavy atom. The molecular weight excluding hydrogens is 418 g/mol. The normalized spacial score (nSPS) is 17.1. The standard InChI is InChI=1S/C22H24BrN3O2/c1-14(20-13-18-19(23)7-10-24-21(18)25(20)2)26-11-8-16(9-12-26)15-3-5-17(6-4-15)22(27)28/h3-7,10,13-14,16H,8-9,11-12H2,1-2H3,(H,27,28)/t14-/m0/s1. The summed E-state index contributed by atoms with van der Waals surface area (Å²) >= 11 is 3.63. The molecule has 146 valence electrons. The summed E-state index contributed by atoms with van der Waals surface area (Å²) < 4.78 is 3.27. The highest BCUT2D eigenvalue weighted by Gasteiger charge is 2.26. The number of carboxylic acids is 1. The number of halogens is 1. The van der Waals surface area contributed by atoms with Gasteiger partial charge in [-0.25, -0.2) is 9.78 Å². The van der Waals surface area contributed by atoms with Gasteiger partial charge in [0.15, 0.2) is 0 Å². The lowest BCUT2D eigenvalue weighted by Crippen LogP contribution is -2.35. The third-order valence-corrected chi connectivity index (χ3v) is 6.74. The molecule has 1 saturated heterocycles. The predicted octanol–water partition coefficient (Wildman–Crippen LogP) is 4.97. The van der Waals surface area contributed by atoms with Crippen LogP contribution in [-0.4, -0.2) is 38.6 Å². The summed E-state index contributed by atoms with van der Waals surface area (Å²) in [6.07, 6.45) is 4.01. The number of likely N-dealkylation sites (tertiary alicyclic amines) is 1. The van der Waals surface area contributed by atoms with Crippen LogP contribution >= 0.6 is 15.9 Å². The van der Waals surface area contributed by atoms with E-state index >= 15 is 0 Å². The van der Waals surface area contributed by atoms with Crippen LogP contribution < -0.4 is 0 Å². The Bertz CT molecular complexity index is 1000. The van der Waals surface area contributed by atoms with E-state index in [0.29, 0.717) is 17.5 Å². The third-order valence-electron chi connectivity index (χ3n) is 6.05. The molecule has 4 rings (SSSR count). The molecule has 1 aliphatic heterocycles. The Kier molecular flexibility index (Phi) is 5.25. The Hall–Kier alpha value is -2.18. The summed E-state index contributed by atoms with van der Waals surface area (Å²) in [5, 5.41) is 10.2. The van der Waals surface area contributed by atoms with Crippen molar-refractivity contribution in [3.05, 3.63) is 63.9 Å². The minimum atomic E-state index is -0.869. The maximum absolute atomic E-state index is 11.0. The van der Waals surface area contributed by atoms with Gasteiger partial charge in [0.2, 0.25) is 0 Å². The van der Waals surface area contributed by atoms with Gasteiger partial charge in [0, 0.05) is 34.8 Å². The van der Waals surface area contributed by atoms with E-state index in [2.05, 4.69) is 50.4 Å². The summed E-state index contributed by atoms with van der Waals surface area (Å²) in [4.78, 5) is 18.1. The first kappa shape index (κ1) is 19.2. The number of aromatic carboxylic acids is 1. The number of nitrogens with zero attached hydrogens (tertiary/aromatic N) is 3. The van der Waals surface area contributed by atoms with Gasteiger partial charge in [-0.05, 0) is 84.5 Å². The Morgan fingerprint density at radius 2 is 1.89 bits per heavy atom. The summed E-state index contributed by atoms with van der Waals surface area (Å²) in [6.45, 7) is 4.33. The molecule has 6 heteroatoms. The summed E-state index contributed by atoms with van der Waals surface area (Å²) in [5.41, 5.74) is 3.88. The first-order valence-corrected chi connectivity index (χ1v) is 10.4. The quantitative estimate of drug-likeness (QED) is 0.620. The lowest BCUT2D eigenvalue weighted by Gasteiger charge is -2.36. The van der Waals surface area contributed by atoms with E-state index in [9.17, 15) is 4.79 Å². The van der Waals surface area contributed by atoms with Crippen LogP contribution in [0, 0.1) is 0 Å². The van der Waals surface area contributed by atoms with Gasteiger partial charge >= 0.3 is 5.97 Å². The van der Waals surface area contributed by atoms with Gasteiger partial charge < -0.3 is 9.67 Å². The Labute approximate surface area is 173 Å². The van der Waals surface area contributed by atoms with Crippen molar-refractivity contribution in [2.75, 3.05) is 13.1 Å². The molecule has 0 spiro atoms. The van der Waals surface area contributed by atoms with E-state index in [-0.39, 0.29) is 0 Å².